The summed E-state index contributed by atoms with van der Waals surface area (Å²) in [6.07, 6.45) is 3.38. The van der Waals surface area contributed by atoms with Gasteiger partial charge in [-0.15, -0.1) is 0 Å². The lowest BCUT2D eigenvalue weighted by molar-refractivity contribution is -0.169. The van der Waals surface area contributed by atoms with Crippen LogP contribution in [0.15, 0.2) is 59.1 Å². The SMILES string of the molecule is O=C1C=CC(=O)OC(C(=O)c2cccc(OCCCC3(c4noc5cc(F)ccc45)CCNCC3)c2)O1. The minimum atomic E-state index is -1.66. The van der Waals surface area contributed by atoms with Gasteiger partial charge in [0, 0.05) is 34.6 Å². The predicted octanol–water partition coefficient (Wildman–Crippen LogP) is 3.61. The van der Waals surface area contributed by atoms with Crippen molar-refractivity contribution in [1.82, 2.24) is 10.5 Å². The summed E-state index contributed by atoms with van der Waals surface area (Å²) in [7, 11) is 0. The lowest BCUT2D eigenvalue weighted by atomic mass is 9.72. The average molecular weight is 509 g/mol. The first-order chi connectivity index (χ1) is 17.9. The van der Waals surface area contributed by atoms with Crippen LogP contribution in [0, 0.1) is 5.82 Å². The Labute approximate surface area is 211 Å². The van der Waals surface area contributed by atoms with Crippen LogP contribution < -0.4 is 10.1 Å². The van der Waals surface area contributed by atoms with Crippen LogP contribution in [0.25, 0.3) is 11.0 Å². The number of nitrogens with one attached hydrogen (secondary N) is 1. The van der Waals surface area contributed by atoms with Crippen LogP contribution in [-0.2, 0) is 24.5 Å². The monoisotopic (exact) mass is 508 g/mol. The molecule has 5 rings (SSSR count). The van der Waals surface area contributed by atoms with Gasteiger partial charge in [0.05, 0.1) is 12.3 Å². The van der Waals surface area contributed by atoms with Crippen molar-refractivity contribution in [2.24, 2.45) is 0 Å². The van der Waals surface area contributed by atoms with E-state index in [1.54, 1.807) is 18.2 Å². The lowest BCUT2D eigenvalue weighted by Crippen LogP contribution is -2.40. The van der Waals surface area contributed by atoms with E-state index in [4.69, 9.17) is 18.7 Å². The van der Waals surface area contributed by atoms with Crippen molar-refractivity contribution in [2.75, 3.05) is 19.7 Å². The molecule has 1 fully saturated rings. The molecule has 0 aliphatic carbocycles. The number of hydrogen-bond donors (Lipinski definition) is 1. The van der Waals surface area contributed by atoms with Crippen LogP contribution >= 0.6 is 0 Å². The van der Waals surface area contributed by atoms with Crippen molar-refractivity contribution in [3.05, 3.63) is 71.7 Å². The van der Waals surface area contributed by atoms with Crippen LogP contribution in [0.2, 0.25) is 0 Å². The zero-order valence-electron chi connectivity index (χ0n) is 19.9. The van der Waals surface area contributed by atoms with Gasteiger partial charge in [-0.05, 0) is 63.0 Å². The Kier molecular flexibility index (Phi) is 7.00. The topological polar surface area (TPSA) is 117 Å². The molecule has 192 valence electrons. The number of fused-ring (bicyclic) bond motifs is 1. The highest BCUT2D eigenvalue weighted by Gasteiger charge is 2.38. The number of hydrogen-bond acceptors (Lipinski definition) is 9. The van der Waals surface area contributed by atoms with Crippen molar-refractivity contribution in [1.29, 1.82) is 0 Å². The first-order valence-corrected chi connectivity index (χ1v) is 12.1. The molecule has 3 heterocycles. The number of carbonyl (C=O) groups excluding carboxylic acids is 3. The molecule has 2 aromatic carbocycles. The van der Waals surface area contributed by atoms with E-state index in [0.29, 0.717) is 24.4 Å². The van der Waals surface area contributed by atoms with E-state index in [1.807, 2.05) is 0 Å². The van der Waals surface area contributed by atoms with Gasteiger partial charge >= 0.3 is 18.2 Å². The predicted molar refractivity (Wildman–Crippen MR) is 128 cm³/mol. The van der Waals surface area contributed by atoms with Crippen molar-refractivity contribution in [3.63, 3.8) is 0 Å². The minimum Gasteiger partial charge on any atom is -0.494 e. The highest BCUT2D eigenvalue weighted by atomic mass is 19.1. The summed E-state index contributed by atoms with van der Waals surface area (Å²) < 4.78 is 34.8. The van der Waals surface area contributed by atoms with Gasteiger partial charge in [0.2, 0.25) is 5.78 Å². The molecular weight excluding hydrogens is 483 g/mol. The van der Waals surface area contributed by atoms with Gasteiger partial charge in [0.25, 0.3) is 0 Å². The smallest absolute Gasteiger partial charge is 0.334 e. The van der Waals surface area contributed by atoms with Crippen molar-refractivity contribution in [3.8, 4) is 5.75 Å². The van der Waals surface area contributed by atoms with Gasteiger partial charge < -0.3 is 24.1 Å². The molecule has 1 aromatic heterocycles. The lowest BCUT2D eigenvalue weighted by Gasteiger charge is -2.36. The van der Waals surface area contributed by atoms with E-state index >= 15 is 0 Å². The fourth-order valence-electron chi connectivity index (χ4n) is 4.84. The molecule has 2 aliphatic heterocycles. The number of Topliss-reactive ketones (excluding diaryl/α,β-unsaturated/α-hetero) is 1. The molecule has 0 radical (unpaired) electrons. The van der Waals surface area contributed by atoms with E-state index in [0.717, 1.165) is 55.6 Å². The molecule has 2 aliphatic rings. The molecular formula is C27H25FN2O7. The zero-order chi connectivity index (χ0) is 25.8. The number of aromatic nitrogens is 1. The van der Waals surface area contributed by atoms with Gasteiger partial charge in [-0.3, -0.25) is 4.79 Å². The summed E-state index contributed by atoms with van der Waals surface area (Å²) in [5, 5.41) is 8.54. The Morgan fingerprint density at radius 3 is 2.59 bits per heavy atom. The average Bonchev–Trinajstić information content (AvgIpc) is 3.25. The van der Waals surface area contributed by atoms with Gasteiger partial charge in [0.15, 0.2) is 5.58 Å². The Morgan fingerprint density at radius 1 is 1.08 bits per heavy atom. The maximum absolute atomic E-state index is 13.6. The summed E-state index contributed by atoms with van der Waals surface area (Å²) in [5.74, 6) is -2.26. The summed E-state index contributed by atoms with van der Waals surface area (Å²) in [5.41, 5.74) is 1.24. The van der Waals surface area contributed by atoms with E-state index in [-0.39, 0.29) is 16.8 Å². The summed E-state index contributed by atoms with van der Waals surface area (Å²) >= 11 is 0. The summed E-state index contributed by atoms with van der Waals surface area (Å²) in [6.45, 7) is 2.06. The van der Waals surface area contributed by atoms with Crippen LogP contribution in [-0.4, -0.2) is 48.9 Å². The minimum absolute atomic E-state index is 0.182. The van der Waals surface area contributed by atoms with Crippen molar-refractivity contribution in [2.45, 2.75) is 37.4 Å². The molecule has 9 nitrogen and oxygen atoms in total. The van der Waals surface area contributed by atoms with Gasteiger partial charge in [-0.1, -0.05) is 17.3 Å². The largest absolute Gasteiger partial charge is 0.494 e. The summed E-state index contributed by atoms with van der Waals surface area (Å²) in [6, 6.07) is 10.9. The van der Waals surface area contributed by atoms with Crippen LogP contribution in [0.3, 0.4) is 0 Å². The number of nitrogens with zero attached hydrogens (tertiary/aromatic N) is 1. The standard InChI is InChI=1S/C27H25FN2O7/c28-18-5-6-20-21(16-18)37-30-25(20)27(10-12-29-13-11-27)9-2-14-34-19-4-1-3-17(15-19)24(33)26-35-22(31)7-8-23(32)36-26/h1,3-8,15-16,26,29H,2,9-14H2. The zero-order valence-corrected chi connectivity index (χ0v) is 19.9. The maximum Gasteiger partial charge on any atom is 0.334 e. The Balaban J connectivity index is 1.24. The number of piperidine rings is 1. The third kappa shape index (κ3) is 5.39. The third-order valence-electron chi connectivity index (χ3n) is 6.70. The van der Waals surface area contributed by atoms with Gasteiger partial charge in [0.1, 0.15) is 11.6 Å². The van der Waals surface area contributed by atoms with Crippen LogP contribution in [0.5, 0.6) is 5.75 Å². The molecule has 1 N–H and O–H groups in total. The Morgan fingerprint density at radius 2 is 1.84 bits per heavy atom. The highest BCUT2D eigenvalue weighted by molar-refractivity contribution is 6.03. The second kappa shape index (κ2) is 10.5. The number of ether oxygens (including phenoxy) is 3. The molecule has 0 saturated carbocycles. The number of ketones is 1. The number of carbonyl (C=O) groups is 3. The first-order valence-electron chi connectivity index (χ1n) is 12.1. The normalized spacial score (nSPS) is 17.8. The Bertz CT molecular complexity index is 1340. The molecule has 10 heteroatoms. The third-order valence-corrected chi connectivity index (χ3v) is 6.70. The maximum atomic E-state index is 13.6. The quantitative estimate of drug-likeness (QED) is 0.277. The molecule has 3 aromatic rings. The molecule has 0 spiro atoms. The molecule has 0 amide bonds. The molecule has 0 unspecified atom stereocenters. The van der Waals surface area contributed by atoms with Gasteiger partial charge in [-0.25, -0.2) is 14.0 Å². The number of cyclic esters (lactones) is 2. The van der Waals surface area contributed by atoms with Gasteiger partial charge in [-0.2, -0.15) is 0 Å². The number of rotatable bonds is 8. The number of benzene rings is 2. The van der Waals surface area contributed by atoms with Crippen molar-refractivity contribution >= 4 is 28.7 Å². The summed E-state index contributed by atoms with van der Waals surface area (Å²) in [4.78, 5) is 35.9. The Hall–Kier alpha value is -4.05. The molecule has 0 atom stereocenters. The van der Waals surface area contributed by atoms with E-state index in [9.17, 15) is 18.8 Å². The second-order valence-corrected chi connectivity index (χ2v) is 9.09. The number of halogens is 1. The number of esters is 2. The van der Waals surface area contributed by atoms with Crippen molar-refractivity contribution < 1.29 is 37.5 Å². The van der Waals surface area contributed by atoms with E-state index in [1.165, 1.54) is 24.3 Å². The van der Waals surface area contributed by atoms with Crippen LogP contribution in [0.1, 0.15) is 41.7 Å². The van der Waals surface area contributed by atoms with Crippen LogP contribution in [0.4, 0.5) is 4.39 Å². The second-order valence-electron chi connectivity index (χ2n) is 9.09. The van der Waals surface area contributed by atoms with E-state index in [2.05, 4.69) is 10.5 Å². The van der Waals surface area contributed by atoms with E-state index < -0.39 is 24.0 Å². The molecule has 0 bridgehead atoms. The fraction of sp³-hybridized carbons (Fsp3) is 0.333. The fourth-order valence-corrected chi connectivity index (χ4v) is 4.84. The highest BCUT2D eigenvalue weighted by Crippen LogP contribution is 2.41. The molecule has 1 saturated heterocycles. The first kappa shape index (κ1) is 24.6. The molecule has 37 heavy (non-hydrogen) atoms.